The topological polar surface area (TPSA) is 191 Å². The monoisotopic (exact) mass is 1140 g/mol. The number of nitrogens with one attached hydrogen (secondary N) is 2. The van der Waals surface area contributed by atoms with Gasteiger partial charge in [0.05, 0.1) is 10.8 Å². The van der Waals surface area contributed by atoms with Crippen molar-refractivity contribution in [1.82, 2.24) is 24.7 Å². The van der Waals surface area contributed by atoms with E-state index in [1.807, 2.05) is 106 Å². The van der Waals surface area contributed by atoms with Crippen molar-refractivity contribution in [1.29, 1.82) is 0 Å². The molecule has 0 spiro atoms. The number of nitrogen functional groups attached to an aromatic ring is 1. The second-order valence-corrected chi connectivity index (χ2v) is 24.8. The number of amides is 2. The van der Waals surface area contributed by atoms with E-state index in [0.29, 0.717) is 37.1 Å². The van der Waals surface area contributed by atoms with Crippen LogP contribution in [0.5, 0.6) is 23.0 Å². The van der Waals surface area contributed by atoms with Crippen molar-refractivity contribution in [2.45, 2.75) is 154 Å². The molecular formula is C65H83ClN6O10. The number of aromatic nitrogens is 2. The first kappa shape index (κ1) is 59.7. The van der Waals surface area contributed by atoms with Crippen LogP contribution in [0.4, 0.5) is 15.3 Å². The normalized spacial score (nSPS) is 17.7. The number of nitrogens with two attached hydrogens (primary N) is 1. The third-order valence-corrected chi connectivity index (χ3v) is 16.9. The van der Waals surface area contributed by atoms with Crippen LogP contribution >= 0.6 is 11.6 Å². The SMILES string of the molecule is CC(C)(C)OC(=O)N1CCC(c2cc3cc(CC(=O)C4(c5ccc6c(c5)OCO6)CC4)ccc3[nH]2)CC1.CC(C)(C)OC(=O)N1CCC(c2cc3cc(N)ccc3[nH]2)CC1.CCN(CC)CC.O=C(Cl)C1(c2ccc3c(c2)OCO3)CC1. The Morgan fingerprint density at radius 3 is 1.43 bits per heavy atom. The van der Waals surface area contributed by atoms with Gasteiger partial charge in [0.15, 0.2) is 23.0 Å². The lowest BCUT2D eigenvalue weighted by molar-refractivity contribution is -0.120. The number of nitrogens with zero attached hydrogens (tertiary/aromatic N) is 3. The van der Waals surface area contributed by atoms with Gasteiger partial charge in [-0.05, 0) is 213 Å². The average Bonchev–Trinajstić information content (AvgIpc) is 4.35. The molecule has 0 radical (unpaired) electrons. The van der Waals surface area contributed by atoms with Crippen molar-refractivity contribution in [2.75, 3.05) is 65.1 Å². The Hall–Kier alpha value is -6.91. The Morgan fingerprint density at radius 1 is 0.585 bits per heavy atom. The fourth-order valence-corrected chi connectivity index (χ4v) is 11.6. The third kappa shape index (κ3) is 14.3. The van der Waals surface area contributed by atoms with Gasteiger partial charge in [-0.25, -0.2) is 9.59 Å². The molecule has 4 fully saturated rings. The number of ketones is 1. The number of carbonyl (C=O) groups is 4. The van der Waals surface area contributed by atoms with Crippen molar-refractivity contribution in [2.24, 2.45) is 0 Å². The first-order valence-electron chi connectivity index (χ1n) is 29.3. The third-order valence-electron chi connectivity index (χ3n) is 16.5. The minimum Gasteiger partial charge on any atom is -0.454 e. The number of ether oxygens (including phenoxy) is 6. The van der Waals surface area contributed by atoms with Crippen LogP contribution < -0.4 is 24.7 Å². The number of fused-ring (bicyclic) bond motifs is 4. The van der Waals surface area contributed by atoms with Crippen molar-refractivity contribution in [3.05, 3.63) is 113 Å². The highest BCUT2D eigenvalue weighted by atomic mass is 35.5. The zero-order chi connectivity index (χ0) is 58.6. The molecule has 0 atom stereocenters. The van der Waals surface area contributed by atoms with Crippen LogP contribution in [-0.2, 0) is 36.3 Å². The number of aromatic amines is 2. The molecule has 6 aliphatic rings. The van der Waals surface area contributed by atoms with E-state index in [1.165, 1.54) is 31.0 Å². The van der Waals surface area contributed by atoms with E-state index in [0.717, 1.165) is 126 Å². The number of piperidine rings is 2. The summed E-state index contributed by atoms with van der Waals surface area (Å²) in [6.07, 6.45) is 7.08. The average molecular weight is 1140 g/mol. The lowest BCUT2D eigenvalue weighted by Gasteiger charge is -2.33. The molecule has 2 amide bonds. The molecule has 0 bridgehead atoms. The minimum atomic E-state index is -0.478. The maximum atomic E-state index is 13.4. The van der Waals surface area contributed by atoms with Gasteiger partial charge in [0.1, 0.15) is 17.0 Å². The first-order valence-corrected chi connectivity index (χ1v) is 29.7. The van der Waals surface area contributed by atoms with Crippen LogP contribution in [0.25, 0.3) is 21.8 Å². The molecule has 17 heteroatoms. The summed E-state index contributed by atoms with van der Waals surface area (Å²) < 4.78 is 32.4. The molecule has 2 aliphatic carbocycles. The van der Waals surface area contributed by atoms with Gasteiger partial charge in [0.25, 0.3) is 0 Å². The largest absolute Gasteiger partial charge is 0.454 e. The summed E-state index contributed by atoms with van der Waals surface area (Å²) in [5.74, 6) is 3.99. The zero-order valence-corrected chi connectivity index (χ0v) is 50.1. The lowest BCUT2D eigenvalue weighted by Crippen LogP contribution is -2.41. The Kier molecular flexibility index (Phi) is 18.1. The number of anilines is 1. The van der Waals surface area contributed by atoms with Crippen molar-refractivity contribution in [3.8, 4) is 23.0 Å². The Bertz CT molecular complexity index is 3230. The highest BCUT2D eigenvalue weighted by Crippen LogP contribution is 2.53. The van der Waals surface area contributed by atoms with Gasteiger partial charge in [-0.1, -0.05) is 39.0 Å². The van der Waals surface area contributed by atoms with E-state index in [2.05, 4.69) is 66.0 Å². The summed E-state index contributed by atoms with van der Waals surface area (Å²) in [6, 6.07) is 28.1. The van der Waals surface area contributed by atoms with E-state index in [9.17, 15) is 19.2 Å². The summed E-state index contributed by atoms with van der Waals surface area (Å²) in [7, 11) is 0. The number of benzene rings is 4. The molecule has 16 nitrogen and oxygen atoms in total. The molecule has 6 aromatic rings. The summed E-state index contributed by atoms with van der Waals surface area (Å²) >= 11 is 5.61. The maximum absolute atomic E-state index is 13.4. The predicted molar refractivity (Wildman–Crippen MR) is 321 cm³/mol. The van der Waals surface area contributed by atoms with Gasteiger partial charge in [0.2, 0.25) is 18.8 Å². The van der Waals surface area contributed by atoms with Gasteiger partial charge in [-0.2, -0.15) is 0 Å². The molecule has 2 saturated carbocycles. The van der Waals surface area contributed by atoms with Crippen LogP contribution in [0.3, 0.4) is 0 Å². The minimum absolute atomic E-state index is 0.208. The number of hydrogen-bond donors (Lipinski definition) is 3. The Balaban J connectivity index is 0.000000152. The van der Waals surface area contributed by atoms with Gasteiger partial charge >= 0.3 is 12.2 Å². The van der Waals surface area contributed by atoms with E-state index >= 15 is 0 Å². The summed E-state index contributed by atoms with van der Waals surface area (Å²) in [6.45, 7) is 24.8. The van der Waals surface area contributed by atoms with Crippen LogP contribution in [0.15, 0.2) is 84.9 Å². The Labute approximate surface area is 487 Å². The molecule has 4 aromatic carbocycles. The van der Waals surface area contributed by atoms with Crippen LogP contribution in [0, 0.1) is 0 Å². The highest BCUT2D eigenvalue weighted by molar-refractivity contribution is 6.66. The molecule has 4 aliphatic heterocycles. The number of hydrogen-bond acceptors (Lipinski definition) is 12. The zero-order valence-electron chi connectivity index (χ0n) is 49.3. The van der Waals surface area contributed by atoms with Gasteiger partial charge in [0, 0.05) is 77.9 Å². The van der Waals surface area contributed by atoms with Crippen LogP contribution in [-0.4, -0.2) is 118 Å². The lowest BCUT2D eigenvalue weighted by atomic mass is 9.87. The molecule has 12 rings (SSSR count). The van der Waals surface area contributed by atoms with Crippen molar-refractivity contribution in [3.63, 3.8) is 0 Å². The molecule has 82 heavy (non-hydrogen) atoms. The number of Topliss-reactive ketones (excluding diaryl/α,β-unsaturated/α-hetero) is 1. The standard InChI is InChI=1S/C30H34N2O5.C18H25N3O2.C11H9ClO3.C6H15N/c1-29(2,3)37-28(34)32-12-8-20(9-13-32)24-16-21-14-19(4-6-23(21)31-24)15-27(33)30(10-11-30)22-5-7-25-26(17-22)36-18-35-25;1-18(2,3)23-17(22)21-8-6-12(7-9-21)16-11-13-10-14(19)4-5-15(13)20-16;12-10(13)11(3-4-11)7-1-2-8-9(5-7)15-6-14-8;1-4-7(5-2)6-3/h4-7,14,16-17,20,31H,8-13,15,18H2,1-3H3;4-5,10-12,20H,6-9,19H2,1-3H3;1-2,5H,3-4,6H2;4-6H2,1-3H3. The summed E-state index contributed by atoms with van der Waals surface area (Å²) in [5, 5.41) is 2.00. The number of H-pyrrole nitrogens is 2. The molecule has 0 unspecified atom stereocenters. The second-order valence-electron chi connectivity index (χ2n) is 24.5. The van der Waals surface area contributed by atoms with Gasteiger partial charge in [-0.3, -0.25) is 9.59 Å². The fourth-order valence-electron chi connectivity index (χ4n) is 11.3. The first-order chi connectivity index (χ1) is 39.1. The van der Waals surface area contributed by atoms with Gasteiger partial charge in [-0.15, -0.1) is 0 Å². The summed E-state index contributed by atoms with van der Waals surface area (Å²) in [4.78, 5) is 62.3. The van der Waals surface area contributed by atoms with Crippen LogP contribution in [0.2, 0.25) is 0 Å². The second kappa shape index (κ2) is 24.9. The van der Waals surface area contributed by atoms with Gasteiger partial charge < -0.3 is 58.8 Å². The maximum Gasteiger partial charge on any atom is 0.410 e. The molecule has 4 N–H and O–H groups in total. The number of carbonyl (C=O) groups excluding carboxylic acids is 4. The van der Waals surface area contributed by atoms with E-state index in [4.69, 9.17) is 45.8 Å². The molecule has 6 heterocycles. The van der Waals surface area contributed by atoms with E-state index in [-0.39, 0.29) is 36.8 Å². The quantitative estimate of drug-likeness (QED) is 0.0823. The van der Waals surface area contributed by atoms with E-state index < -0.39 is 22.0 Å². The van der Waals surface area contributed by atoms with Crippen molar-refractivity contribution >= 4 is 62.3 Å². The smallest absolute Gasteiger partial charge is 0.410 e. The number of likely N-dealkylation sites (tertiary alicyclic amines) is 2. The number of halogens is 1. The summed E-state index contributed by atoms with van der Waals surface area (Å²) in [5.41, 5.74) is 12.5. The van der Waals surface area contributed by atoms with E-state index in [1.54, 1.807) is 0 Å². The molecule has 2 saturated heterocycles. The van der Waals surface area contributed by atoms with Crippen LogP contribution in [0.1, 0.15) is 154 Å². The van der Waals surface area contributed by atoms with Crippen molar-refractivity contribution < 1.29 is 47.6 Å². The Morgan fingerprint density at radius 2 is 1.01 bits per heavy atom. The number of rotatable bonds is 11. The highest BCUT2D eigenvalue weighted by Gasteiger charge is 2.52. The molecular weight excluding hydrogens is 1060 g/mol. The fraction of sp³-hybridized carbons (Fsp3) is 0.508. The molecule has 2 aromatic heterocycles. The molecule has 440 valence electrons. The predicted octanol–water partition coefficient (Wildman–Crippen LogP) is 13.3.